The number of hydrogen-bond acceptors (Lipinski definition) is 6. The number of benzene rings is 1. The number of nitro benzene ring substituents is 1. The minimum Gasteiger partial charge on any atom is -0.465 e. The van der Waals surface area contributed by atoms with E-state index in [4.69, 9.17) is 0 Å². The maximum absolute atomic E-state index is 11.6. The van der Waals surface area contributed by atoms with Crippen molar-refractivity contribution in [2.45, 2.75) is 18.8 Å². The van der Waals surface area contributed by atoms with Crippen molar-refractivity contribution in [2.75, 3.05) is 7.11 Å². The van der Waals surface area contributed by atoms with E-state index in [0.29, 0.717) is 16.5 Å². The fraction of sp³-hybridized carbons (Fsp3) is 0.286. The molecule has 1 aliphatic rings. The van der Waals surface area contributed by atoms with Gasteiger partial charge >= 0.3 is 5.97 Å². The van der Waals surface area contributed by atoms with Crippen LogP contribution in [0.3, 0.4) is 0 Å². The molecule has 0 N–H and O–H groups in total. The molecule has 1 aromatic heterocycles. The summed E-state index contributed by atoms with van der Waals surface area (Å²) in [6.07, 6.45) is 2.29. The zero-order valence-electron chi connectivity index (χ0n) is 11.2. The summed E-state index contributed by atoms with van der Waals surface area (Å²) in [5.74, 6) is -0.0762. The van der Waals surface area contributed by atoms with Crippen LogP contribution in [0.5, 0.6) is 0 Å². The topological polar surface area (TPSA) is 82.3 Å². The van der Waals surface area contributed by atoms with Crippen LogP contribution in [0.2, 0.25) is 0 Å². The van der Waals surface area contributed by atoms with E-state index < -0.39 is 10.9 Å². The number of carbonyl (C=O) groups excluding carboxylic acids is 1. The maximum atomic E-state index is 11.6. The first-order chi connectivity index (χ1) is 10.1. The van der Waals surface area contributed by atoms with Crippen molar-refractivity contribution in [1.29, 1.82) is 0 Å². The van der Waals surface area contributed by atoms with Gasteiger partial charge in [-0.2, -0.15) is 0 Å². The number of thiazole rings is 1. The van der Waals surface area contributed by atoms with E-state index in [2.05, 4.69) is 9.72 Å². The normalized spacial score (nSPS) is 14.0. The number of non-ortho nitro benzene ring substituents is 1. The number of methoxy groups -OCH3 is 1. The molecule has 1 aromatic carbocycles. The number of esters is 1. The lowest BCUT2D eigenvalue weighted by atomic mass is 10.1. The molecule has 1 heterocycles. The fourth-order valence-electron chi connectivity index (χ4n) is 2.06. The van der Waals surface area contributed by atoms with Crippen LogP contribution < -0.4 is 0 Å². The fourth-order valence-corrected chi connectivity index (χ4v) is 2.95. The van der Waals surface area contributed by atoms with Crippen molar-refractivity contribution < 1.29 is 14.5 Å². The smallest absolute Gasteiger partial charge is 0.338 e. The summed E-state index contributed by atoms with van der Waals surface area (Å²) in [5, 5.41) is 13.7. The zero-order valence-corrected chi connectivity index (χ0v) is 12.1. The summed E-state index contributed by atoms with van der Waals surface area (Å²) >= 11 is 1.43. The van der Waals surface area contributed by atoms with Crippen molar-refractivity contribution in [2.24, 2.45) is 0 Å². The second-order valence-corrected chi connectivity index (χ2v) is 5.73. The first-order valence-electron chi connectivity index (χ1n) is 6.42. The molecule has 1 saturated carbocycles. The van der Waals surface area contributed by atoms with Gasteiger partial charge < -0.3 is 4.74 Å². The minimum absolute atomic E-state index is 0.143. The van der Waals surface area contributed by atoms with E-state index >= 15 is 0 Å². The maximum Gasteiger partial charge on any atom is 0.338 e. The number of carbonyl (C=O) groups is 1. The zero-order chi connectivity index (χ0) is 15.0. The third-order valence-electron chi connectivity index (χ3n) is 3.31. The Morgan fingerprint density at radius 3 is 2.81 bits per heavy atom. The lowest BCUT2D eigenvalue weighted by Crippen LogP contribution is -2.02. The van der Waals surface area contributed by atoms with Crippen molar-refractivity contribution in [3.05, 3.63) is 45.0 Å². The number of ether oxygens (including phenoxy) is 1. The third kappa shape index (κ3) is 2.78. The van der Waals surface area contributed by atoms with Gasteiger partial charge in [-0.15, -0.1) is 11.3 Å². The van der Waals surface area contributed by atoms with E-state index in [9.17, 15) is 14.9 Å². The van der Waals surface area contributed by atoms with Crippen LogP contribution in [0.15, 0.2) is 23.6 Å². The first-order valence-corrected chi connectivity index (χ1v) is 7.30. The molecule has 7 heteroatoms. The Hall–Kier alpha value is -2.28. The summed E-state index contributed by atoms with van der Waals surface area (Å²) in [6, 6.07) is 4.22. The molecule has 0 aliphatic heterocycles. The quantitative estimate of drug-likeness (QED) is 0.491. The molecule has 0 atom stereocenters. The van der Waals surface area contributed by atoms with Crippen LogP contribution in [0, 0.1) is 10.1 Å². The second kappa shape index (κ2) is 5.25. The minimum atomic E-state index is -0.598. The monoisotopic (exact) mass is 304 g/mol. The molecule has 0 amide bonds. The number of aromatic nitrogens is 1. The van der Waals surface area contributed by atoms with E-state index in [1.54, 1.807) is 6.07 Å². The summed E-state index contributed by atoms with van der Waals surface area (Å²) in [7, 11) is 1.25. The van der Waals surface area contributed by atoms with E-state index in [0.717, 1.165) is 18.5 Å². The second-order valence-electron chi connectivity index (χ2n) is 4.87. The highest BCUT2D eigenvalue weighted by molar-refractivity contribution is 7.13. The van der Waals surface area contributed by atoms with Crippen LogP contribution >= 0.6 is 11.3 Å². The molecular formula is C14H12N2O4S. The van der Waals surface area contributed by atoms with Gasteiger partial charge in [-0.05, 0) is 18.9 Å². The van der Waals surface area contributed by atoms with Crippen molar-refractivity contribution in [3.63, 3.8) is 0 Å². The van der Waals surface area contributed by atoms with Crippen LogP contribution in [-0.4, -0.2) is 23.0 Å². The average Bonchev–Trinajstić information content (AvgIpc) is 3.23. The third-order valence-corrected chi connectivity index (χ3v) is 4.22. The Balaban J connectivity index is 2.04. The molecule has 0 radical (unpaired) electrons. The summed E-state index contributed by atoms with van der Waals surface area (Å²) in [6.45, 7) is 0. The largest absolute Gasteiger partial charge is 0.465 e. The molecule has 3 rings (SSSR count). The van der Waals surface area contributed by atoms with Crippen LogP contribution in [0.1, 0.15) is 34.8 Å². The Labute approximate surface area is 124 Å². The standard InChI is InChI=1S/C14H12N2O4S/c1-20-14(17)10-4-9(5-11(6-10)16(18)19)13-15-12(7-21-13)8-2-3-8/h4-8H,2-3H2,1H3. The van der Waals surface area contributed by atoms with Gasteiger partial charge in [-0.25, -0.2) is 9.78 Å². The number of nitro groups is 1. The lowest BCUT2D eigenvalue weighted by Gasteiger charge is -2.02. The predicted molar refractivity (Wildman–Crippen MR) is 77.5 cm³/mol. The molecule has 2 aromatic rings. The Morgan fingerprint density at radius 1 is 1.43 bits per heavy atom. The van der Waals surface area contributed by atoms with E-state index in [1.165, 1.54) is 30.6 Å². The SMILES string of the molecule is COC(=O)c1cc(-c2nc(C3CC3)cs2)cc([N+](=O)[O-])c1. The van der Waals surface area contributed by atoms with Crippen LogP contribution in [0.4, 0.5) is 5.69 Å². The molecule has 21 heavy (non-hydrogen) atoms. The molecule has 108 valence electrons. The molecule has 0 saturated heterocycles. The van der Waals surface area contributed by atoms with Crippen LogP contribution in [0.25, 0.3) is 10.6 Å². The van der Waals surface area contributed by atoms with Gasteiger partial charge in [-0.1, -0.05) is 0 Å². The van der Waals surface area contributed by atoms with Gasteiger partial charge in [0.1, 0.15) is 5.01 Å². The number of hydrogen-bond donors (Lipinski definition) is 0. The molecule has 1 fully saturated rings. The first kappa shape index (κ1) is 13.7. The van der Waals surface area contributed by atoms with E-state index in [1.807, 2.05) is 5.38 Å². The Morgan fingerprint density at radius 2 is 2.19 bits per heavy atom. The Kier molecular flexibility index (Phi) is 3.42. The van der Waals surface area contributed by atoms with Crippen molar-refractivity contribution >= 4 is 23.0 Å². The van der Waals surface area contributed by atoms with E-state index in [-0.39, 0.29) is 11.3 Å². The molecule has 6 nitrogen and oxygen atoms in total. The van der Waals surface area contributed by atoms with Gasteiger partial charge in [0.05, 0.1) is 23.3 Å². The molecule has 0 spiro atoms. The highest BCUT2D eigenvalue weighted by Crippen LogP contribution is 2.41. The average molecular weight is 304 g/mol. The number of rotatable bonds is 4. The molecular weight excluding hydrogens is 292 g/mol. The summed E-state index contributed by atoms with van der Waals surface area (Å²) < 4.78 is 4.64. The summed E-state index contributed by atoms with van der Waals surface area (Å²) in [4.78, 5) is 26.6. The Bertz CT molecular complexity index is 722. The highest BCUT2D eigenvalue weighted by atomic mass is 32.1. The van der Waals surface area contributed by atoms with Crippen molar-refractivity contribution in [1.82, 2.24) is 4.98 Å². The van der Waals surface area contributed by atoms with Gasteiger partial charge in [0, 0.05) is 29.0 Å². The van der Waals surface area contributed by atoms with Gasteiger partial charge in [0.15, 0.2) is 0 Å². The summed E-state index contributed by atoms with van der Waals surface area (Å²) in [5.41, 5.74) is 1.61. The lowest BCUT2D eigenvalue weighted by molar-refractivity contribution is -0.384. The van der Waals surface area contributed by atoms with Crippen molar-refractivity contribution in [3.8, 4) is 10.6 Å². The number of nitrogens with zero attached hydrogens (tertiary/aromatic N) is 2. The predicted octanol–water partition coefficient (Wildman–Crippen LogP) is 3.38. The van der Waals surface area contributed by atoms with Gasteiger partial charge in [0.2, 0.25) is 0 Å². The highest BCUT2D eigenvalue weighted by Gasteiger charge is 2.26. The molecule has 0 unspecified atom stereocenters. The molecule has 1 aliphatic carbocycles. The van der Waals surface area contributed by atoms with Gasteiger partial charge in [-0.3, -0.25) is 10.1 Å². The molecule has 0 bridgehead atoms. The van der Waals surface area contributed by atoms with Gasteiger partial charge in [0.25, 0.3) is 5.69 Å². The van der Waals surface area contributed by atoms with Crippen LogP contribution in [-0.2, 0) is 4.74 Å².